The van der Waals surface area contributed by atoms with E-state index in [2.05, 4.69) is 100 Å². The molecule has 9 aliphatic rings. The zero-order valence-corrected chi connectivity index (χ0v) is 37.6. The molecule has 12 rings (SSSR count). The Balaban J connectivity index is 1.09. The molecule has 0 saturated heterocycles. The van der Waals surface area contributed by atoms with E-state index in [0.29, 0.717) is 36.5 Å². The Labute approximate surface area is 359 Å². The standard InChI is InChI=1S/C53H66O6Si/c1-33-31-53(50(54)57-48-39-22-34-20-35(24-39)25-40(48)23-34,51(55)58-49-41-26-36-21-37(28-41)29-42(49)27-36)32-43(38-16-18-44(56-5)19-17-38)30-47(33)59-60(52(2,3)4,45-12-8-6-9-13-45)46-14-10-7-11-15-46/h6-19,34-37,39-43,48-49H,20-32H2,1-5H3/t34?,35?,36?,37?,39?,40?,41?,42?,43-,48?,49?,53?/m0/s1. The number of ether oxygens (including phenoxy) is 3. The number of allylic oxidation sites excluding steroid dienone is 2. The molecule has 3 aromatic rings. The second kappa shape index (κ2) is 15.5. The highest BCUT2D eigenvalue weighted by Crippen LogP contribution is 2.58. The van der Waals surface area contributed by atoms with Crippen molar-refractivity contribution in [2.75, 3.05) is 7.11 Å². The monoisotopic (exact) mass is 826 g/mol. The highest BCUT2D eigenvalue weighted by molar-refractivity contribution is 6.99. The van der Waals surface area contributed by atoms with E-state index in [9.17, 15) is 0 Å². The minimum atomic E-state index is -3.06. The lowest BCUT2D eigenvalue weighted by Gasteiger charge is -2.54. The number of esters is 2. The summed E-state index contributed by atoms with van der Waals surface area (Å²) < 4.78 is 27.4. The molecule has 318 valence electrons. The molecule has 1 atom stereocenters. The van der Waals surface area contributed by atoms with Gasteiger partial charge in [-0.3, -0.25) is 9.59 Å². The van der Waals surface area contributed by atoms with E-state index in [-0.39, 0.29) is 41.5 Å². The maximum absolute atomic E-state index is 15.7. The number of rotatable bonds is 10. The minimum absolute atomic E-state index is 0.129. The van der Waals surface area contributed by atoms with Crippen LogP contribution in [0.1, 0.15) is 123 Å². The number of hydrogen-bond acceptors (Lipinski definition) is 6. The first-order valence-electron chi connectivity index (χ1n) is 23.5. The minimum Gasteiger partial charge on any atom is -0.537 e. The van der Waals surface area contributed by atoms with Gasteiger partial charge in [0, 0.05) is 6.42 Å². The summed E-state index contributed by atoms with van der Waals surface area (Å²) in [7, 11) is -1.38. The van der Waals surface area contributed by atoms with Gasteiger partial charge in [-0.25, -0.2) is 0 Å². The van der Waals surface area contributed by atoms with Gasteiger partial charge in [0.25, 0.3) is 0 Å². The van der Waals surface area contributed by atoms with Crippen LogP contribution in [0.5, 0.6) is 5.75 Å². The molecule has 6 nitrogen and oxygen atoms in total. The number of hydrogen-bond donors (Lipinski definition) is 0. The van der Waals surface area contributed by atoms with Crippen LogP contribution in [0.15, 0.2) is 96.3 Å². The Morgan fingerprint density at radius 3 is 1.45 bits per heavy atom. The molecular weight excluding hydrogens is 761 g/mol. The summed E-state index contributed by atoms with van der Waals surface area (Å²) in [6.07, 6.45) is 12.6. The third-order valence-corrected chi connectivity index (χ3v) is 21.9. The lowest BCUT2D eigenvalue weighted by atomic mass is 9.55. The summed E-state index contributed by atoms with van der Waals surface area (Å²) in [6.45, 7) is 9.04. The van der Waals surface area contributed by atoms with Crippen LogP contribution in [-0.2, 0) is 23.5 Å². The third-order valence-electron chi connectivity index (χ3n) is 16.9. The maximum atomic E-state index is 15.7. The Kier molecular flexibility index (Phi) is 10.4. The van der Waals surface area contributed by atoms with Gasteiger partial charge >= 0.3 is 20.3 Å². The zero-order chi connectivity index (χ0) is 41.4. The normalized spacial score (nSPS) is 35.5. The SMILES string of the molecule is COc1ccc([C@H]2CC(O[Si](c3ccccc3)(c3ccccc3)C(C)(C)C)=C(C)CC(C(=O)OC3C4CC5CC(C4)CC3C5)(C(=O)OC3C4CC5CC(C4)CC3C5)C2)cc1. The predicted octanol–water partition coefficient (Wildman–Crippen LogP) is 10.5. The average Bonchev–Trinajstić information content (AvgIpc) is 3.38. The summed E-state index contributed by atoms with van der Waals surface area (Å²) in [5.74, 6) is 5.28. The molecule has 0 aromatic heterocycles. The van der Waals surface area contributed by atoms with Crippen molar-refractivity contribution in [2.45, 2.75) is 134 Å². The van der Waals surface area contributed by atoms with E-state index >= 15 is 9.59 Å². The van der Waals surface area contributed by atoms with Gasteiger partial charge in [0.1, 0.15) is 18.0 Å². The topological polar surface area (TPSA) is 71.1 Å². The molecule has 0 amide bonds. The van der Waals surface area contributed by atoms with E-state index in [4.69, 9.17) is 18.6 Å². The highest BCUT2D eigenvalue weighted by atomic mass is 28.4. The molecule has 7 heteroatoms. The van der Waals surface area contributed by atoms with Crippen LogP contribution in [0.2, 0.25) is 5.04 Å². The fourth-order valence-corrected chi connectivity index (χ4v) is 19.1. The number of carbonyl (C=O) groups is 2. The summed E-state index contributed by atoms with van der Waals surface area (Å²) >= 11 is 0. The molecule has 9 aliphatic carbocycles. The van der Waals surface area contributed by atoms with Crippen molar-refractivity contribution in [1.29, 1.82) is 0 Å². The summed E-state index contributed by atoms with van der Waals surface area (Å²) in [4.78, 5) is 31.3. The summed E-state index contributed by atoms with van der Waals surface area (Å²) in [5.41, 5.74) is 0.500. The first kappa shape index (κ1) is 40.2. The van der Waals surface area contributed by atoms with Crippen molar-refractivity contribution in [3.63, 3.8) is 0 Å². The molecule has 0 aliphatic heterocycles. The van der Waals surface area contributed by atoms with Crippen LogP contribution < -0.4 is 15.1 Å². The van der Waals surface area contributed by atoms with Crippen molar-refractivity contribution >= 4 is 30.6 Å². The quantitative estimate of drug-likeness (QED) is 0.115. The molecule has 0 radical (unpaired) electrons. The lowest BCUT2D eigenvalue weighted by molar-refractivity contribution is -0.199. The number of benzene rings is 3. The molecular formula is C53H66O6Si. The van der Waals surface area contributed by atoms with Gasteiger partial charge in [0.05, 0.1) is 12.9 Å². The Bertz CT molecular complexity index is 1930. The van der Waals surface area contributed by atoms with Crippen LogP contribution in [0.4, 0.5) is 0 Å². The van der Waals surface area contributed by atoms with E-state index in [1.54, 1.807) is 7.11 Å². The fourth-order valence-electron chi connectivity index (χ4n) is 14.6. The van der Waals surface area contributed by atoms with Gasteiger partial charge in [-0.1, -0.05) is 93.6 Å². The van der Waals surface area contributed by atoms with Crippen LogP contribution >= 0.6 is 0 Å². The predicted molar refractivity (Wildman–Crippen MR) is 237 cm³/mol. The molecule has 0 unspecified atom stereocenters. The molecule has 0 spiro atoms. The van der Waals surface area contributed by atoms with Gasteiger partial charge in [-0.2, -0.15) is 0 Å². The van der Waals surface area contributed by atoms with Gasteiger partial charge in [0.2, 0.25) is 0 Å². The molecule has 8 fully saturated rings. The number of carbonyl (C=O) groups excluding carboxylic acids is 2. The smallest absolute Gasteiger partial charge is 0.324 e. The second-order valence-corrected chi connectivity index (χ2v) is 25.9. The van der Waals surface area contributed by atoms with Gasteiger partial charge in [-0.15, -0.1) is 0 Å². The van der Waals surface area contributed by atoms with E-state index < -0.39 is 13.7 Å². The average molecular weight is 827 g/mol. The van der Waals surface area contributed by atoms with E-state index in [1.807, 2.05) is 12.1 Å². The second-order valence-electron chi connectivity index (χ2n) is 21.7. The lowest BCUT2D eigenvalue weighted by Crippen LogP contribution is -2.66. The van der Waals surface area contributed by atoms with Crippen molar-refractivity contribution in [1.82, 2.24) is 0 Å². The number of methoxy groups -OCH3 is 1. The van der Waals surface area contributed by atoms with E-state index in [0.717, 1.165) is 97.7 Å². The first-order valence-corrected chi connectivity index (χ1v) is 25.4. The van der Waals surface area contributed by atoms with Crippen molar-refractivity contribution in [2.24, 2.45) is 52.8 Å². The summed E-state index contributed by atoms with van der Waals surface area (Å²) in [5, 5.41) is 2.13. The van der Waals surface area contributed by atoms with Crippen LogP contribution in [0, 0.1) is 52.8 Å². The fraction of sp³-hybridized carbons (Fsp3) is 0.585. The highest BCUT2D eigenvalue weighted by Gasteiger charge is 2.59. The largest absolute Gasteiger partial charge is 0.537 e. The Hall–Kier alpha value is -3.84. The van der Waals surface area contributed by atoms with E-state index in [1.165, 1.54) is 23.2 Å². The van der Waals surface area contributed by atoms with Crippen LogP contribution in [0.25, 0.3) is 0 Å². The summed E-state index contributed by atoms with van der Waals surface area (Å²) in [6, 6.07) is 29.8. The maximum Gasteiger partial charge on any atom is 0.324 e. The first-order chi connectivity index (χ1) is 28.9. The molecule has 8 saturated carbocycles. The van der Waals surface area contributed by atoms with Crippen molar-refractivity contribution in [3.05, 3.63) is 102 Å². The molecule has 8 bridgehead atoms. The van der Waals surface area contributed by atoms with Gasteiger partial charge in [-0.05, 0) is 176 Å². The molecule has 0 N–H and O–H groups in total. The van der Waals surface area contributed by atoms with Crippen molar-refractivity contribution < 1.29 is 28.2 Å². The van der Waals surface area contributed by atoms with Crippen molar-refractivity contribution in [3.8, 4) is 5.75 Å². The Morgan fingerprint density at radius 2 is 1.05 bits per heavy atom. The van der Waals surface area contributed by atoms with Gasteiger partial charge in [0.15, 0.2) is 5.41 Å². The molecule has 0 heterocycles. The third kappa shape index (κ3) is 6.97. The van der Waals surface area contributed by atoms with Gasteiger partial charge < -0.3 is 18.6 Å². The molecule has 3 aromatic carbocycles. The van der Waals surface area contributed by atoms with Crippen LogP contribution in [-0.4, -0.2) is 39.6 Å². The zero-order valence-electron chi connectivity index (χ0n) is 36.6. The molecule has 60 heavy (non-hydrogen) atoms. The van der Waals surface area contributed by atoms with Crippen LogP contribution in [0.3, 0.4) is 0 Å². The Morgan fingerprint density at radius 1 is 0.617 bits per heavy atom.